The lowest BCUT2D eigenvalue weighted by atomic mass is 9.92. The fourth-order valence-corrected chi connectivity index (χ4v) is 2.68. The third kappa shape index (κ3) is 2.40. The topological polar surface area (TPSA) is 49.8 Å². The zero-order valence-electron chi connectivity index (χ0n) is 12.5. The van der Waals surface area contributed by atoms with Crippen molar-refractivity contribution in [2.24, 2.45) is 0 Å². The van der Waals surface area contributed by atoms with Gasteiger partial charge in [-0.15, -0.1) is 0 Å². The van der Waals surface area contributed by atoms with E-state index in [-0.39, 0.29) is 12.5 Å². The molecule has 20 heavy (non-hydrogen) atoms. The number of carbonyl (C=O) groups excluding carboxylic acids is 1. The van der Waals surface area contributed by atoms with Crippen LogP contribution in [0.3, 0.4) is 0 Å². The van der Waals surface area contributed by atoms with Crippen LogP contribution in [-0.4, -0.2) is 29.8 Å². The fraction of sp³-hybridized carbons (Fsp3) is 0.562. The molecule has 4 nitrogen and oxygen atoms in total. The third-order valence-electron chi connectivity index (χ3n) is 4.03. The lowest BCUT2D eigenvalue weighted by molar-refractivity contribution is -0.136. The van der Waals surface area contributed by atoms with Crippen molar-refractivity contribution in [1.29, 1.82) is 0 Å². The number of amides is 1. The number of anilines is 1. The number of aryl methyl sites for hydroxylation is 1. The van der Waals surface area contributed by atoms with Crippen LogP contribution in [0, 0.1) is 6.92 Å². The van der Waals surface area contributed by atoms with Gasteiger partial charge in [-0.2, -0.15) is 0 Å². The number of hydrogen-bond donors (Lipinski definition) is 1. The van der Waals surface area contributed by atoms with E-state index in [4.69, 9.17) is 9.84 Å². The quantitative estimate of drug-likeness (QED) is 0.900. The van der Waals surface area contributed by atoms with Gasteiger partial charge in [-0.1, -0.05) is 19.9 Å². The molecule has 2 rings (SSSR count). The van der Waals surface area contributed by atoms with Gasteiger partial charge in [-0.05, 0) is 43.9 Å². The molecule has 1 aromatic carbocycles. The number of hydrogen-bond acceptors (Lipinski definition) is 3. The number of nitrogens with zero attached hydrogens (tertiary/aromatic N) is 1. The van der Waals surface area contributed by atoms with Crippen molar-refractivity contribution < 1.29 is 14.6 Å². The Morgan fingerprint density at radius 3 is 2.60 bits per heavy atom. The first-order chi connectivity index (χ1) is 9.57. The summed E-state index contributed by atoms with van der Waals surface area (Å²) in [5.41, 5.74) is 1.16. The van der Waals surface area contributed by atoms with Crippen LogP contribution >= 0.6 is 0 Å². The lowest BCUT2D eigenvalue weighted by Crippen LogP contribution is -2.55. The molecule has 1 aromatic rings. The van der Waals surface area contributed by atoms with E-state index in [0.717, 1.165) is 17.0 Å². The van der Waals surface area contributed by atoms with E-state index >= 15 is 0 Å². The summed E-state index contributed by atoms with van der Waals surface area (Å²) in [5.74, 6) is 0.776. The Labute approximate surface area is 120 Å². The molecule has 0 saturated heterocycles. The highest BCUT2D eigenvalue weighted by Gasteiger charge is 2.45. The molecule has 1 N–H and O–H groups in total. The summed E-state index contributed by atoms with van der Waals surface area (Å²) in [6.07, 6.45) is 1.86. The molecule has 0 atom stereocenters. The van der Waals surface area contributed by atoms with Crippen LogP contribution < -0.4 is 9.64 Å². The minimum Gasteiger partial charge on any atom is -0.475 e. The van der Waals surface area contributed by atoms with Gasteiger partial charge >= 0.3 is 0 Å². The molecule has 0 aromatic heterocycles. The Balaban J connectivity index is 2.47. The number of ether oxygens (including phenoxy) is 1. The van der Waals surface area contributed by atoms with Gasteiger partial charge in [-0.3, -0.25) is 4.79 Å². The molecule has 1 amide bonds. The number of carbonyl (C=O) groups is 1. The first-order valence-corrected chi connectivity index (χ1v) is 7.30. The first-order valence-electron chi connectivity index (χ1n) is 7.30. The summed E-state index contributed by atoms with van der Waals surface area (Å²) >= 11 is 0. The molecule has 0 radical (unpaired) electrons. The Kier molecular flexibility index (Phi) is 4.33. The van der Waals surface area contributed by atoms with Crippen LogP contribution in [0.15, 0.2) is 18.2 Å². The number of benzene rings is 1. The molecule has 4 heteroatoms. The highest BCUT2D eigenvalue weighted by atomic mass is 16.5. The third-order valence-corrected chi connectivity index (χ3v) is 4.03. The summed E-state index contributed by atoms with van der Waals surface area (Å²) in [6.45, 7) is 6.57. The van der Waals surface area contributed by atoms with Gasteiger partial charge in [0.1, 0.15) is 5.75 Å². The molecular weight excluding hydrogens is 254 g/mol. The smallest absolute Gasteiger partial charge is 0.271 e. The van der Waals surface area contributed by atoms with Gasteiger partial charge in [-0.25, -0.2) is 0 Å². The summed E-state index contributed by atoms with van der Waals surface area (Å²) in [5, 5.41) is 9.05. The van der Waals surface area contributed by atoms with Crippen molar-refractivity contribution in [1.82, 2.24) is 0 Å². The second-order valence-electron chi connectivity index (χ2n) is 5.31. The van der Waals surface area contributed by atoms with Gasteiger partial charge in [0.25, 0.3) is 5.91 Å². The minimum atomic E-state index is -0.768. The molecule has 1 aliphatic rings. The number of fused-ring (bicyclic) bond motifs is 1. The molecule has 0 unspecified atom stereocenters. The largest absolute Gasteiger partial charge is 0.475 e. The van der Waals surface area contributed by atoms with Crippen molar-refractivity contribution in [2.45, 2.75) is 45.6 Å². The van der Waals surface area contributed by atoms with Crippen molar-refractivity contribution in [2.75, 3.05) is 18.1 Å². The van der Waals surface area contributed by atoms with Crippen LogP contribution in [0.2, 0.25) is 0 Å². The Morgan fingerprint density at radius 1 is 1.30 bits per heavy atom. The van der Waals surface area contributed by atoms with E-state index in [1.807, 2.05) is 39.0 Å². The summed E-state index contributed by atoms with van der Waals surface area (Å²) in [4.78, 5) is 14.5. The van der Waals surface area contributed by atoms with E-state index in [1.165, 1.54) is 0 Å². The molecule has 110 valence electrons. The number of aliphatic hydroxyl groups excluding tert-OH is 1. The zero-order chi connectivity index (χ0) is 14.8. The molecule has 0 aliphatic carbocycles. The van der Waals surface area contributed by atoms with Crippen LogP contribution in [0.25, 0.3) is 0 Å². The van der Waals surface area contributed by atoms with Crippen LogP contribution in [0.4, 0.5) is 5.69 Å². The van der Waals surface area contributed by atoms with Crippen molar-refractivity contribution in [3.05, 3.63) is 23.8 Å². The number of rotatable bonds is 5. The fourth-order valence-electron chi connectivity index (χ4n) is 2.68. The molecule has 0 spiro atoms. The van der Waals surface area contributed by atoms with Gasteiger partial charge in [0.15, 0.2) is 5.60 Å². The zero-order valence-corrected chi connectivity index (χ0v) is 12.5. The average Bonchev–Trinajstić information content (AvgIpc) is 2.46. The SMILES string of the molecule is CCC1(CC)Oc2cc(C)ccc2N(CCCO)C1=O. The van der Waals surface area contributed by atoms with E-state index < -0.39 is 5.60 Å². The highest BCUT2D eigenvalue weighted by Crippen LogP contribution is 2.41. The average molecular weight is 277 g/mol. The lowest BCUT2D eigenvalue weighted by Gasteiger charge is -2.42. The Bertz CT molecular complexity index is 494. The molecule has 0 bridgehead atoms. The molecule has 1 heterocycles. The van der Waals surface area contributed by atoms with Crippen molar-refractivity contribution in [3.63, 3.8) is 0 Å². The van der Waals surface area contributed by atoms with E-state index in [2.05, 4.69) is 0 Å². The van der Waals surface area contributed by atoms with Crippen LogP contribution in [-0.2, 0) is 4.79 Å². The predicted octanol–water partition coefficient (Wildman–Crippen LogP) is 2.66. The molecule has 0 saturated carbocycles. The normalized spacial score (nSPS) is 16.8. The maximum atomic E-state index is 12.8. The summed E-state index contributed by atoms with van der Waals surface area (Å²) in [6, 6.07) is 5.88. The molecule has 1 aliphatic heterocycles. The summed E-state index contributed by atoms with van der Waals surface area (Å²) in [7, 11) is 0. The maximum Gasteiger partial charge on any atom is 0.271 e. The van der Waals surface area contributed by atoms with Crippen LogP contribution in [0.1, 0.15) is 38.7 Å². The van der Waals surface area contributed by atoms with E-state index in [1.54, 1.807) is 4.90 Å². The second kappa shape index (κ2) is 5.83. The maximum absolute atomic E-state index is 12.8. The standard InChI is InChI=1S/C16H23NO3/c1-4-16(5-2)15(19)17(9-6-10-18)13-8-7-12(3)11-14(13)20-16/h7-8,11,18H,4-6,9-10H2,1-3H3. The van der Waals surface area contributed by atoms with Gasteiger partial charge < -0.3 is 14.7 Å². The second-order valence-corrected chi connectivity index (χ2v) is 5.31. The predicted molar refractivity (Wildman–Crippen MR) is 79.2 cm³/mol. The van der Waals surface area contributed by atoms with Gasteiger partial charge in [0.2, 0.25) is 0 Å². The van der Waals surface area contributed by atoms with Crippen LogP contribution in [0.5, 0.6) is 5.75 Å². The van der Waals surface area contributed by atoms with E-state index in [0.29, 0.717) is 25.8 Å². The first kappa shape index (κ1) is 14.9. The van der Waals surface area contributed by atoms with Crippen molar-refractivity contribution in [3.8, 4) is 5.75 Å². The van der Waals surface area contributed by atoms with Gasteiger partial charge in [0.05, 0.1) is 5.69 Å². The van der Waals surface area contributed by atoms with E-state index in [9.17, 15) is 4.79 Å². The molecule has 0 fully saturated rings. The minimum absolute atomic E-state index is 0.00676. The summed E-state index contributed by atoms with van der Waals surface area (Å²) < 4.78 is 6.07. The Hall–Kier alpha value is -1.55. The number of aliphatic hydroxyl groups is 1. The Morgan fingerprint density at radius 2 is 2.00 bits per heavy atom. The highest BCUT2D eigenvalue weighted by molar-refractivity contribution is 6.02. The van der Waals surface area contributed by atoms with Crippen molar-refractivity contribution >= 4 is 11.6 Å². The molecular formula is C16H23NO3. The van der Waals surface area contributed by atoms with Gasteiger partial charge in [0, 0.05) is 13.2 Å². The monoisotopic (exact) mass is 277 g/mol.